The second kappa shape index (κ2) is 37.4. The van der Waals surface area contributed by atoms with Gasteiger partial charge in [-0.3, -0.25) is 19.2 Å². The van der Waals surface area contributed by atoms with E-state index in [9.17, 15) is 132 Å². The van der Waals surface area contributed by atoms with Gasteiger partial charge in [-0.05, 0) is 6.92 Å². The van der Waals surface area contributed by atoms with E-state index in [4.69, 9.17) is 75.8 Å². The van der Waals surface area contributed by atoms with E-state index in [0.29, 0.717) is 0 Å². The maximum atomic E-state index is 13.0. The van der Waals surface area contributed by atoms with Crippen LogP contribution in [0.25, 0.3) is 0 Å². The van der Waals surface area contributed by atoms with Gasteiger partial charge in [-0.1, -0.05) is 6.92 Å². The van der Waals surface area contributed by atoms with Crippen molar-refractivity contribution in [1.82, 2.24) is 16.0 Å². The van der Waals surface area contributed by atoms with Crippen molar-refractivity contribution in [3.05, 3.63) is 0 Å². The van der Waals surface area contributed by atoms with Gasteiger partial charge in [0, 0.05) is 26.7 Å². The molecule has 0 spiro atoms. The highest BCUT2D eigenvalue weighted by Crippen LogP contribution is 2.41. The number of amides is 3. The van der Waals surface area contributed by atoms with Crippen LogP contribution in [0.2, 0.25) is 0 Å². The van der Waals surface area contributed by atoms with Gasteiger partial charge in [-0.15, -0.1) is 0 Å². The van der Waals surface area contributed by atoms with Crippen molar-refractivity contribution in [2.75, 3.05) is 52.9 Å². The van der Waals surface area contributed by atoms with E-state index in [0.717, 1.165) is 20.8 Å². The van der Waals surface area contributed by atoms with Crippen LogP contribution in [0, 0.1) is 5.92 Å². The first-order valence-electron chi connectivity index (χ1n) is 33.4. The van der Waals surface area contributed by atoms with E-state index in [2.05, 4.69) is 16.0 Å². The molecule has 8 aliphatic heterocycles. The molecule has 0 radical (unpaired) electrons. The van der Waals surface area contributed by atoms with Crippen LogP contribution in [-0.2, 0) is 95.0 Å². The third-order valence-electron chi connectivity index (χ3n) is 19.3. The first kappa shape index (κ1) is 86.0. The maximum absolute atomic E-state index is 13.0. The minimum atomic E-state index is -2.63. The van der Waals surface area contributed by atoms with Gasteiger partial charge >= 0.3 is 5.97 Å². The Morgan fingerprint density at radius 2 is 0.827 bits per heavy atom. The van der Waals surface area contributed by atoms with E-state index in [-0.39, 0.29) is 6.47 Å². The summed E-state index contributed by atoms with van der Waals surface area (Å²) in [7, 11) is 0. The van der Waals surface area contributed by atoms with Crippen molar-refractivity contribution >= 4 is 24.2 Å². The third-order valence-corrected chi connectivity index (χ3v) is 19.3. The molecule has 0 bridgehead atoms. The number of carbonyl (C=O) groups excluding carboxylic acids is 4. The Bertz CT molecular complexity index is 2710. The molecule has 16 unspecified atom stereocenters. The molecule has 104 heavy (non-hydrogen) atoms. The molecule has 8 rings (SSSR count). The van der Waals surface area contributed by atoms with Gasteiger partial charge in [-0.25, -0.2) is 0 Å². The highest BCUT2D eigenvalue weighted by molar-refractivity contribution is 5.74. The van der Waals surface area contributed by atoms with E-state index >= 15 is 0 Å². The number of aliphatic hydroxyl groups excluding tert-OH is 22. The number of aliphatic hydroxyl groups is 22. The number of hydrogen-bond donors (Lipinski definition) is 25. The third kappa shape index (κ3) is 19.0. The predicted molar refractivity (Wildman–Crippen MR) is 323 cm³/mol. The van der Waals surface area contributed by atoms with E-state index in [1.807, 2.05) is 0 Å². The second-order valence-electron chi connectivity index (χ2n) is 26.6. The van der Waals surface area contributed by atoms with Crippen LogP contribution < -0.4 is 16.0 Å². The van der Waals surface area contributed by atoms with Crippen LogP contribution in [-0.4, -0.2) is 434 Å². The molecule has 8 saturated heterocycles. The summed E-state index contributed by atoms with van der Waals surface area (Å²) < 4.78 is 93.8. The molecule has 0 saturated carbocycles. The number of rotatable bonds is 29. The second-order valence-corrected chi connectivity index (χ2v) is 26.6. The fourth-order valence-corrected chi connectivity index (χ4v) is 13.5. The van der Waals surface area contributed by atoms with Crippen molar-refractivity contribution in [2.24, 2.45) is 5.92 Å². The summed E-state index contributed by atoms with van der Waals surface area (Å²) in [4.78, 5) is 49.8. The lowest BCUT2D eigenvalue weighted by molar-refractivity contribution is -0.424. The molecule has 0 aromatic heterocycles. The van der Waals surface area contributed by atoms with Crippen LogP contribution in [0.3, 0.4) is 0 Å². The molecule has 0 aromatic carbocycles. The molecular weight excluding hydrogens is 1420 g/mol. The number of carbonyl (C=O) groups is 4. The Morgan fingerprint density at radius 3 is 1.32 bits per heavy atom. The molecule has 602 valence electrons. The molecule has 45 nitrogen and oxygen atoms in total. The molecule has 8 aliphatic rings. The Kier molecular flexibility index (Phi) is 30.9. The first-order valence-corrected chi connectivity index (χ1v) is 33.4. The lowest BCUT2D eigenvalue weighted by Crippen LogP contribution is -2.71. The summed E-state index contributed by atoms with van der Waals surface area (Å²) in [6, 6.07) is -4.94. The van der Waals surface area contributed by atoms with E-state index < -0.39 is 328 Å². The minimum Gasteiger partial charge on any atom is -0.410 e. The van der Waals surface area contributed by atoms with Crippen molar-refractivity contribution in [3.8, 4) is 0 Å². The quantitative estimate of drug-likeness (QED) is 0.0244. The highest BCUT2D eigenvalue weighted by atomic mass is 16.9. The summed E-state index contributed by atoms with van der Waals surface area (Å²) in [5.41, 5.74) is 0. The van der Waals surface area contributed by atoms with Crippen molar-refractivity contribution < 1.29 is 207 Å². The Morgan fingerprint density at radius 1 is 0.433 bits per heavy atom. The number of ether oxygens (including phenoxy) is 16. The maximum Gasteiger partial charge on any atom is 0.332 e. The monoisotopic (exact) mass is 1520 g/mol. The van der Waals surface area contributed by atoms with E-state index in [1.54, 1.807) is 0 Å². The zero-order valence-electron chi connectivity index (χ0n) is 56.5. The van der Waals surface area contributed by atoms with E-state index in [1.165, 1.54) is 13.8 Å². The Balaban J connectivity index is 1.06. The van der Waals surface area contributed by atoms with Crippen molar-refractivity contribution in [2.45, 2.75) is 286 Å². The average molecular weight is 1520 g/mol. The molecule has 45 heteroatoms. The molecular formula is C59H99N3O42. The Labute approximate surface area is 590 Å². The minimum absolute atomic E-state index is 0.175. The smallest absolute Gasteiger partial charge is 0.332 e. The molecule has 0 aromatic rings. The fraction of sp³-hybridized carbons (Fsp3) is 0.932. The van der Waals surface area contributed by atoms with Crippen LogP contribution in [0.1, 0.15) is 41.0 Å². The molecule has 3 amide bonds. The summed E-state index contributed by atoms with van der Waals surface area (Å²) in [6.45, 7) is -2.40. The van der Waals surface area contributed by atoms with Gasteiger partial charge in [0.15, 0.2) is 37.7 Å². The first-order chi connectivity index (χ1) is 49.1. The molecule has 25 N–H and O–H groups in total. The van der Waals surface area contributed by atoms with Gasteiger partial charge in [0.2, 0.25) is 17.7 Å². The summed E-state index contributed by atoms with van der Waals surface area (Å²) in [6.07, 6.45) is -71.9. The highest BCUT2D eigenvalue weighted by Gasteiger charge is 2.60. The van der Waals surface area contributed by atoms with Crippen LogP contribution in [0.4, 0.5) is 0 Å². The zero-order valence-corrected chi connectivity index (χ0v) is 56.5. The van der Waals surface area contributed by atoms with Gasteiger partial charge in [-0.2, -0.15) is 0 Å². The van der Waals surface area contributed by atoms with Gasteiger partial charge in [0.1, 0.15) is 177 Å². The van der Waals surface area contributed by atoms with Gasteiger partial charge in [0.05, 0.1) is 83.6 Å². The molecule has 8 fully saturated rings. The zero-order chi connectivity index (χ0) is 76.8. The van der Waals surface area contributed by atoms with Crippen molar-refractivity contribution in [1.29, 1.82) is 0 Å². The normalized spacial score (nSPS) is 47.9. The van der Waals surface area contributed by atoms with Gasteiger partial charge in [0.25, 0.3) is 6.47 Å². The lowest BCUT2D eigenvalue weighted by atomic mass is 9.87. The SMILES string of the molecule is CC(=O)NC1[C@H](OC2C(O)[C@H](O)C(CO)O[C@@H]2OC2[C@H](O)C(CO[C@H]3OC(CO)[C@@H](O)[C@H](O)C3O)O[C@@H](O[C@@H]3C(CO)O[C@@H](O[C@@H]4C(CO)O[C@@H](C)[C@@H](NC(C)=O)C4O)[C@@H](NC(C)=O)C3O)[C@@H]2O)OC(CO)[C@@H](O[C@@H]2OC(CO[C@]3(OC=O)C[C@@H](O)[C@@H](C)C([C@H](O)[C@H](O)CO)O3)[C@H](O)[C@H](O)C2O)[C@@H]1O. The average Bonchev–Trinajstić information content (AvgIpc) is 0.773. The number of nitrogens with one attached hydrogen (secondary N) is 3. The number of hydrogen-bond acceptors (Lipinski definition) is 42. The summed E-state index contributed by atoms with van der Waals surface area (Å²) >= 11 is 0. The predicted octanol–water partition coefficient (Wildman–Crippen LogP) is -16.4. The van der Waals surface area contributed by atoms with Crippen LogP contribution in [0.15, 0.2) is 0 Å². The summed E-state index contributed by atoms with van der Waals surface area (Å²) in [5, 5.41) is 250. The fourth-order valence-electron chi connectivity index (χ4n) is 13.5. The molecule has 41 atom stereocenters. The largest absolute Gasteiger partial charge is 0.410 e. The molecule has 0 aliphatic carbocycles. The van der Waals surface area contributed by atoms with Gasteiger partial charge < -0.3 is 204 Å². The van der Waals surface area contributed by atoms with Crippen LogP contribution in [0.5, 0.6) is 0 Å². The van der Waals surface area contributed by atoms with Crippen LogP contribution >= 0.6 is 0 Å². The topological polar surface area (TPSA) is 697 Å². The summed E-state index contributed by atoms with van der Waals surface area (Å²) in [5.74, 6) is -6.07. The standard InChI is InChI=1S/C59H99N3O42/c1-16-21(73)6-59(91-15-69,104-47(16)33(75)22(74)7-63)90-14-29-36(78)42(84)45(87)56(98-29)100-49-26(11-67)96-54(32(40(49)82)62-20(5)72)103-52-43(85)35(77)24(9-65)94-58(52)102-51-37(79)28(13-89-55-44(86)41(83)34(76)23(8-64)93-55)97-57(46(51)88)101-50-27(12-68)95-53(31(39(50)81)61-19(4)71)99-48-25(10-66)92-17(2)30(38(48)80)60-18(3)70/h15-17,21-58,63-68,73-88H,6-14H2,1-5H3,(H,60,70)(H,61,71)(H,62,72)/t16-,17+,21-,22-,23?,24?,25?,26?,27?,28?,29?,30-,31+,32?,33-,34-,35-,36+,37-,38?,39?,40-,41+,42+,43?,44?,45?,46-,47?,48-,49-,50-,51?,52?,53+,54+,55+,56+,57+,58-,59+/m1/s1. The van der Waals surface area contributed by atoms with Crippen molar-refractivity contribution in [3.63, 3.8) is 0 Å². The Hall–Kier alpha value is -3.60. The lowest BCUT2D eigenvalue weighted by Gasteiger charge is -2.51. The molecule has 8 heterocycles.